The second-order valence-electron chi connectivity index (χ2n) is 13.3. The van der Waals surface area contributed by atoms with E-state index >= 15 is 0 Å². The molecule has 4 aromatic rings. The number of para-hydroxylation sites is 1. The van der Waals surface area contributed by atoms with Crippen LogP contribution in [0.15, 0.2) is 65.6 Å². The zero-order valence-electron chi connectivity index (χ0n) is 27.6. The Morgan fingerprint density at radius 2 is 1.41 bits per heavy atom. The number of nitrogens with zero attached hydrogens (tertiary/aromatic N) is 2. The number of carboxylic acids is 1. The molecule has 1 aliphatic carbocycles. The molecular weight excluding hydrogens is 699 g/mol. The van der Waals surface area contributed by atoms with Crippen molar-refractivity contribution in [3.05, 3.63) is 118 Å². The molecule has 51 heavy (non-hydrogen) atoms. The van der Waals surface area contributed by atoms with Gasteiger partial charge in [-0.1, -0.05) is 57.2 Å². The summed E-state index contributed by atoms with van der Waals surface area (Å²) in [4.78, 5) is 24.7. The fourth-order valence-corrected chi connectivity index (χ4v) is 6.99. The van der Waals surface area contributed by atoms with E-state index in [0.717, 1.165) is 47.1 Å². The highest BCUT2D eigenvalue weighted by Crippen LogP contribution is 2.42. The minimum absolute atomic E-state index is 0.104. The maximum atomic E-state index is 15.0. The molecule has 0 heterocycles. The third-order valence-electron chi connectivity index (χ3n) is 8.51. The van der Waals surface area contributed by atoms with Crippen molar-refractivity contribution in [3.8, 4) is 11.5 Å². The van der Waals surface area contributed by atoms with Crippen molar-refractivity contribution in [3.63, 3.8) is 0 Å². The van der Waals surface area contributed by atoms with Crippen molar-refractivity contribution in [1.82, 2.24) is 4.31 Å². The van der Waals surface area contributed by atoms with Crippen molar-refractivity contribution >= 4 is 27.6 Å². The van der Waals surface area contributed by atoms with Crippen LogP contribution in [0.1, 0.15) is 72.1 Å². The average molecular weight is 733 g/mol. The first-order valence-corrected chi connectivity index (χ1v) is 17.0. The Kier molecular flexibility index (Phi) is 10.2. The summed E-state index contributed by atoms with van der Waals surface area (Å²) in [6.07, 6.45) is 1.88. The van der Waals surface area contributed by atoms with Crippen molar-refractivity contribution in [2.75, 3.05) is 11.4 Å². The molecule has 0 bridgehead atoms. The lowest BCUT2D eigenvalue weighted by molar-refractivity contribution is -0.119. The topological polar surface area (TPSA) is 135 Å². The highest BCUT2D eigenvalue weighted by Gasteiger charge is 2.39. The van der Waals surface area contributed by atoms with Crippen molar-refractivity contribution in [2.24, 2.45) is 0 Å². The number of benzene rings is 4. The van der Waals surface area contributed by atoms with E-state index in [2.05, 4.69) is 0 Å². The molecule has 0 saturated heterocycles. The summed E-state index contributed by atoms with van der Waals surface area (Å²) in [7, 11) is -5.73. The maximum absolute atomic E-state index is 15.0. The average Bonchev–Trinajstić information content (AvgIpc) is 3.91. The van der Waals surface area contributed by atoms with Crippen LogP contribution in [0.3, 0.4) is 0 Å². The van der Waals surface area contributed by atoms with Crippen LogP contribution in [0, 0.1) is 29.1 Å². The van der Waals surface area contributed by atoms with Gasteiger partial charge in [0.15, 0.2) is 28.2 Å². The predicted octanol–water partition coefficient (Wildman–Crippen LogP) is 7.09. The van der Waals surface area contributed by atoms with Crippen LogP contribution < -0.4 is 4.90 Å². The molecule has 1 amide bonds. The molecule has 9 nitrogen and oxygen atoms in total. The van der Waals surface area contributed by atoms with Gasteiger partial charge in [-0.3, -0.25) is 4.79 Å². The third kappa shape index (κ3) is 7.69. The summed E-state index contributed by atoms with van der Waals surface area (Å²) in [5.74, 6) is -16.5. The van der Waals surface area contributed by atoms with Crippen LogP contribution >= 0.6 is 0 Å². The van der Waals surface area contributed by atoms with E-state index in [1.165, 1.54) is 24.3 Å². The quantitative estimate of drug-likeness (QED) is 0.0852. The number of anilines is 1. The molecule has 0 aromatic heterocycles. The van der Waals surface area contributed by atoms with Crippen LogP contribution in [0.25, 0.3) is 0 Å². The lowest BCUT2D eigenvalue weighted by Gasteiger charge is -2.29. The molecule has 0 atom stereocenters. The van der Waals surface area contributed by atoms with E-state index in [1.54, 1.807) is 0 Å². The van der Waals surface area contributed by atoms with Crippen molar-refractivity contribution in [2.45, 2.75) is 62.9 Å². The monoisotopic (exact) mass is 732 g/mol. The lowest BCUT2D eigenvalue weighted by atomic mass is 9.84. The van der Waals surface area contributed by atoms with E-state index < -0.39 is 86.0 Å². The normalized spacial score (nSPS) is 13.4. The van der Waals surface area contributed by atoms with Crippen molar-refractivity contribution < 1.29 is 55.3 Å². The Bertz CT molecular complexity index is 2120. The Hall–Kier alpha value is -5.02. The van der Waals surface area contributed by atoms with Gasteiger partial charge in [0.05, 0.1) is 13.1 Å². The standard InChI is InChI=1S/C36H33F5N2O7S/c1-36(2,3)23-13-19(12-22(14-23)20-8-9-20)16-43(24-10-11-25(35(47)48)27(45)15-24)28(46)18-42(17-21-6-4-5-7-26(21)44)51(49,50)34-32(40)30(38)29(37)31(39)33(34)41/h4-7,10-15,20,44-45H,8-9,16-18H2,1-3H3,(H,47,48). The smallest absolute Gasteiger partial charge is 0.339 e. The number of rotatable bonds is 11. The molecule has 0 unspecified atom stereocenters. The van der Waals surface area contributed by atoms with Gasteiger partial charge >= 0.3 is 5.97 Å². The number of carbonyl (C=O) groups excluding carboxylic acids is 1. The van der Waals surface area contributed by atoms with Gasteiger partial charge in [0, 0.05) is 23.9 Å². The molecule has 5 rings (SSSR count). The Labute approximate surface area is 290 Å². The number of phenolic OH excluding ortho intramolecular Hbond substituents is 1. The van der Waals surface area contributed by atoms with Crippen molar-refractivity contribution in [1.29, 1.82) is 0 Å². The van der Waals surface area contributed by atoms with E-state index in [1.807, 2.05) is 39.0 Å². The van der Waals surface area contributed by atoms with E-state index in [-0.39, 0.29) is 33.4 Å². The van der Waals surface area contributed by atoms with Crippen LogP contribution in [0.5, 0.6) is 11.5 Å². The number of sulfonamides is 1. The van der Waals surface area contributed by atoms with E-state index in [9.17, 15) is 55.3 Å². The summed E-state index contributed by atoms with van der Waals surface area (Å²) in [5, 5.41) is 30.4. The van der Waals surface area contributed by atoms with Gasteiger partial charge in [0.25, 0.3) is 0 Å². The first-order valence-electron chi connectivity index (χ1n) is 15.6. The maximum Gasteiger partial charge on any atom is 0.339 e. The zero-order valence-corrected chi connectivity index (χ0v) is 28.4. The Balaban J connectivity index is 1.64. The summed E-state index contributed by atoms with van der Waals surface area (Å²) >= 11 is 0. The number of phenols is 2. The molecule has 0 radical (unpaired) electrons. The molecule has 1 aliphatic rings. The summed E-state index contributed by atoms with van der Waals surface area (Å²) in [5.41, 5.74) is 1.33. The largest absolute Gasteiger partial charge is 0.508 e. The van der Waals surface area contributed by atoms with Gasteiger partial charge in [0.1, 0.15) is 17.1 Å². The lowest BCUT2D eigenvalue weighted by Crippen LogP contribution is -2.43. The molecule has 270 valence electrons. The zero-order chi connectivity index (χ0) is 37.6. The molecule has 0 aliphatic heterocycles. The SMILES string of the molecule is CC(C)(C)c1cc(CN(C(=O)CN(Cc2ccccc2O)S(=O)(=O)c2c(F)c(F)c(F)c(F)c2F)c2ccc(C(=O)O)c(O)c2)cc(C2CC2)c1. The highest BCUT2D eigenvalue weighted by atomic mass is 32.2. The van der Waals surface area contributed by atoms with E-state index in [0.29, 0.717) is 5.56 Å². The van der Waals surface area contributed by atoms with Gasteiger partial charge in [-0.2, -0.15) is 4.31 Å². The number of hydrogen-bond acceptors (Lipinski definition) is 6. The second-order valence-corrected chi connectivity index (χ2v) is 15.1. The fourth-order valence-electron chi connectivity index (χ4n) is 5.51. The van der Waals surface area contributed by atoms with E-state index in [4.69, 9.17) is 0 Å². The third-order valence-corrected chi connectivity index (χ3v) is 10.3. The second kappa shape index (κ2) is 13.9. The van der Waals surface area contributed by atoms with Crippen LogP contribution in [-0.4, -0.2) is 46.5 Å². The summed E-state index contributed by atoms with van der Waals surface area (Å²) in [6, 6.07) is 14.0. The van der Waals surface area contributed by atoms with Gasteiger partial charge in [0.2, 0.25) is 21.7 Å². The molecule has 15 heteroatoms. The first-order chi connectivity index (χ1) is 23.8. The van der Waals surface area contributed by atoms with Gasteiger partial charge in [-0.05, 0) is 59.1 Å². The number of halogens is 5. The highest BCUT2D eigenvalue weighted by molar-refractivity contribution is 7.89. The summed E-state index contributed by atoms with van der Waals surface area (Å²) < 4.78 is 100. The number of hydrogen-bond donors (Lipinski definition) is 3. The fraction of sp³-hybridized carbons (Fsp3) is 0.278. The molecule has 4 aromatic carbocycles. The van der Waals surface area contributed by atoms with Gasteiger partial charge < -0.3 is 20.2 Å². The first kappa shape index (κ1) is 37.2. The summed E-state index contributed by atoms with van der Waals surface area (Å²) in [6.45, 7) is 3.44. The van der Waals surface area contributed by atoms with Gasteiger partial charge in [-0.25, -0.2) is 35.2 Å². The number of aromatic hydroxyl groups is 2. The minimum Gasteiger partial charge on any atom is -0.508 e. The predicted molar refractivity (Wildman–Crippen MR) is 175 cm³/mol. The molecule has 3 N–H and O–H groups in total. The van der Waals surface area contributed by atoms with Crippen LogP contribution in [0.2, 0.25) is 0 Å². The molecule has 1 fully saturated rings. The Morgan fingerprint density at radius 3 is 1.96 bits per heavy atom. The molecule has 1 saturated carbocycles. The Morgan fingerprint density at radius 1 is 0.804 bits per heavy atom. The number of carbonyl (C=O) groups is 2. The number of aromatic carboxylic acids is 1. The molecular formula is C36H33F5N2O7S. The van der Waals surface area contributed by atoms with Gasteiger partial charge in [-0.15, -0.1) is 0 Å². The number of carboxylic acid groups (broad SMARTS) is 1. The number of amides is 1. The van der Waals surface area contributed by atoms with Crippen LogP contribution in [-0.2, 0) is 33.3 Å². The van der Waals surface area contributed by atoms with Crippen LogP contribution in [0.4, 0.5) is 27.6 Å². The minimum atomic E-state index is -5.73. The molecule has 0 spiro atoms.